The molecule has 1 amide bonds. The second-order valence-corrected chi connectivity index (χ2v) is 8.20. The molecule has 0 saturated carbocycles. The molecule has 3 rings (SSSR count). The number of anilines is 3. The molecule has 12 heteroatoms. The Labute approximate surface area is 204 Å². The topological polar surface area (TPSA) is 122 Å². The van der Waals surface area contributed by atoms with E-state index in [0.717, 1.165) is 19.6 Å². The molecule has 0 aliphatic rings. The molecule has 0 bridgehead atoms. The number of carbonyl (C=O) groups is 1. The summed E-state index contributed by atoms with van der Waals surface area (Å²) < 4.78 is 7.65. The number of rotatable bonds is 14. The maximum absolute atomic E-state index is 12.7. The molecule has 11 nitrogen and oxygen atoms in total. The van der Waals surface area contributed by atoms with E-state index in [1.165, 1.54) is 11.8 Å². The zero-order valence-corrected chi connectivity index (χ0v) is 21.0. The van der Waals surface area contributed by atoms with Crippen molar-refractivity contribution in [3.63, 3.8) is 0 Å². The molecule has 1 aromatic carbocycles. The summed E-state index contributed by atoms with van der Waals surface area (Å²) in [7, 11) is 0. The smallest absolute Gasteiger partial charge is 0.261 e. The zero-order valence-electron chi connectivity index (χ0n) is 20.2. The molecule has 3 N–H and O–H groups in total. The second-order valence-electron chi connectivity index (χ2n) is 7.26. The van der Waals surface area contributed by atoms with Gasteiger partial charge < -0.3 is 25.6 Å². The van der Waals surface area contributed by atoms with Gasteiger partial charge in [0.2, 0.25) is 17.8 Å². The zero-order chi connectivity index (χ0) is 24.3. The number of nitrogens with zero attached hydrogens (tertiary/aromatic N) is 6. The number of carbonyl (C=O) groups excluding carboxylic acids is 1. The molecular formula is C22H33N9O2S. The molecular weight excluding hydrogens is 454 g/mol. The summed E-state index contributed by atoms with van der Waals surface area (Å²) in [4.78, 5) is 23.9. The number of thioether (sulfide) groups is 1. The third-order valence-electron chi connectivity index (χ3n) is 4.97. The van der Waals surface area contributed by atoms with Crippen molar-refractivity contribution in [2.75, 3.05) is 61.0 Å². The fourth-order valence-electron chi connectivity index (χ4n) is 3.23. The maximum Gasteiger partial charge on any atom is 0.261 e. The van der Waals surface area contributed by atoms with Gasteiger partial charge >= 0.3 is 0 Å². The number of para-hydroxylation sites is 2. The minimum atomic E-state index is -0.170. The molecule has 34 heavy (non-hydrogen) atoms. The maximum atomic E-state index is 12.7. The number of aromatic nitrogens is 5. The third-order valence-corrected chi connectivity index (χ3v) is 5.90. The first kappa shape index (κ1) is 25.5. The quantitative estimate of drug-likeness (QED) is 0.293. The predicted molar refractivity (Wildman–Crippen MR) is 136 cm³/mol. The molecule has 0 aliphatic carbocycles. The average Bonchev–Trinajstić information content (AvgIpc) is 3.25. The Bertz CT molecular complexity index is 1070. The SMILES string of the molecule is CCNc1nc(NCC)n2c(SCC(=O)Nc3ccccc3OCCN(CC)CC)nnc2n1. The third kappa shape index (κ3) is 6.70. The monoisotopic (exact) mass is 487 g/mol. The molecule has 0 saturated heterocycles. The number of hydrogen-bond donors (Lipinski definition) is 3. The number of amides is 1. The number of benzene rings is 1. The molecule has 2 aromatic heterocycles. The Kier molecular flexibility index (Phi) is 9.71. The average molecular weight is 488 g/mol. The normalized spacial score (nSPS) is 11.1. The Morgan fingerprint density at radius 3 is 2.56 bits per heavy atom. The van der Waals surface area contributed by atoms with Crippen LogP contribution in [0.2, 0.25) is 0 Å². The van der Waals surface area contributed by atoms with Gasteiger partial charge in [0.25, 0.3) is 5.78 Å². The van der Waals surface area contributed by atoms with Crippen LogP contribution in [0, 0.1) is 0 Å². The lowest BCUT2D eigenvalue weighted by Gasteiger charge is -2.19. The lowest BCUT2D eigenvalue weighted by Crippen LogP contribution is -2.28. The molecule has 0 fully saturated rings. The molecule has 2 heterocycles. The van der Waals surface area contributed by atoms with E-state index >= 15 is 0 Å². The molecule has 3 aromatic rings. The van der Waals surface area contributed by atoms with Gasteiger partial charge in [0.15, 0.2) is 5.16 Å². The van der Waals surface area contributed by atoms with Crippen LogP contribution in [0.5, 0.6) is 5.75 Å². The van der Waals surface area contributed by atoms with Gasteiger partial charge in [0.05, 0.1) is 11.4 Å². The Morgan fingerprint density at radius 1 is 1.06 bits per heavy atom. The highest BCUT2D eigenvalue weighted by molar-refractivity contribution is 7.99. The van der Waals surface area contributed by atoms with E-state index in [4.69, 9.17) is 4.74 Å². The van der Waals surface area contributed by atoms with Crippen LogP contribution in [-0.4, -0.2) is 80.5 Å². The van der Waals surface area contributed by atoms with Crippen molar-refractivity contribution in [3.8, 4) is 5.75 Å². The van der Waals surface area contributed by atoms with Gasteiger partial charge in [-0.05, 0) is 39.1 Å². The fourth-order valence-corrected chi connectivity index (χ4v) is 3.96. The van der Waals surface area contributed by atoms with Crippen molar-refractivity contribution in [2.45, 2.75) is 32.9 Å². The van der Waals surface area contributed by atoms with E-state index in [2.05, 4.69) is 54.9 Å². The summed E-state index contributed by atoms with van der Waals surface area (Å²) in [6.07, 6.45) is 0. The lowest BCUT2D eigenvalue weighted by molar-refractivity contribution is -0.113. The van der Waals surface area contributed by atoms with Crippen molar-refractivity contribution in [3.05, 3.63) is 24.3 Å². The standard InChI is InChI=1S/C22H33N9O2S/c1-5-23-19-26-20(24-6-2)31-21(27-19)28-29-22(31)34-15-18(32)25-16-11-9-10-12-17(16)33-14-13-30(7-3)8-4/h9-12H,5-8,13-15H2,1-4H3,(H,25,32)(H2,23,24,26,27,28). The summed E-state index contributed by atoms with van der Waals surface area (Å²) in [5, 5.41) is 18.1. The fraction of sp³-hybridized carbons (Fsp3) is 0.500. The molecule has 0 atom stereocenters. The van der Waals surface area contributed by atoms with Crippen LogP contribution in [0.3, 0.4) is 0 Å². The first-order valence-corrected chi connectivity index (χ1v) is 12.6. The van der Waals surface area contributed by atoms with E-state index in [1.807, 2.05) is 38.1 Å². The van der Waals surface area contributed by atoms with Gasteiger partial charge in [-0.3, -0.25) is 4.79 Å². The van der Waals surface area contributed by atoms with Crippen molar-refractivity contribution >= 4 is 41.0 Å². The Balaban J connectivity index is 1.64. The summed E-state index contributed by atoms with van der Waals surface area (Å²) in [6, 6.07) is 7.46. The minimum absolute atomic E-state index is 0.148. The molecule has 0 aliphatic heterocycles. The predicted octanol–water partition coefficient (Wildman–Crippen LogP) is 2.83. The van der Waals surface area contributed by atoms with Gasteiger partial charge in [-0.1, -0.05) is 37.7 Å². The van der Waals surface area contributed by atoms with E-state index in [-0.39, 0.29) is 11.7 Å². The number of hydrogen-bond acceptors (Lipinski definition) is 10. The summed E-state index contributed by atoms with van der Waals surface area (Å²) in [5.74, 6) is 2.09. The highest BCUT2D eigenvalue weighted by atomic mass is 32.2. The van der Waals surface area contributed by atoms with Crippen LogP contribution >= 0.6 is 11.8 Å². The van der Waals surface area contributed by atoms with Crippen molar-refractivity contribution in [1.82, 2.24) is 29.5 Å². The molecule has 0 unspecified atom stereocenters. The van der Waals surface area contributed by atoms with Crippen LogP contribution in [0.4, 0.5) is 17.6 Å². The van der Waals surface area contributed by atoms with Gasteiger partial charge in [-0.2, -0.15) is 9.97 Å². The number of likely N-dealkylation sites (N-methyl/N-ethyl adjacent to an activating group) is 1. The van der Waals surface area contributed by atoms with Crippen LogP contribution < -0.4 is 20.7 Å². The molecule has 0 spiro atoms. The summed E-state index contributed by atoms with van der Waals surface area (Å²) in [6.45, 7) is 12.9. The van der Waals surface area contributed by atoms with Crippen LogP contribution in [0.25, 0.3) is 5.78 Å². The van der Waals surface area contributed by atoms with E-state index in [9.17, 15) is 4.79 Å². The van der Waals surface area contributed by atoms with Crippen LogP contribution in [0.15, 0.2) is 29.4 Å². The molecule has 0 radical (unpaired) electrons. The van der Waals surface area contributed by atoms with E-state index in [1.54, 1.807) is 4.40 Å². The number of fused-ring (bicyclic) bond motifs is 1. The van der Waals surface area contributed by atoms with Crippen LogP contribution in [0.1, 0.15) is 27.7 Å². The van der Waals surface area contributed by atoms with Crippen LogP contribution in [-0.2, 0) is 4.79 Å². The minimum Gasteiger partial charge on any atom is -0.490 e. The van der Waals surface area contributed by atoms with E-state index < -0.39 is 0 Å². The first-order chi connectivity index (χ1) is 16.6. The molecule has 184 valence electrons. The Morgan fingerprint density at radius 2 is 1.82 bits per heavy atom. The second kappa shape index (κ2) is 12.9. The summed E-state index contributed by atoms with van der Waals surface area (Å²) >= 11 is 1.27. The van der Waals surface area contributed by atoms with Gasteiger partial charge in [-0.15, -0.1) is 10.2 Å². The number of ether oxygens (including phenoxy) is 1. The first-order valence-electron chi connectivity index (χ1n) is 11.6. The summed E-state index contributed by atoms with van der Waals surface area (Å²) in [5.41, 5.74) is 0.644. The van der Waals surface area contributed by atoms with Crippen molar-refractivity contribution < 1.29 is 9.53 Å². The van der Waals surface area contributed by atoms with Gasteiger partial charge in [0, 0.05) is 19.6 Å². The van der Waals surface area contributed by atoms with E-state index in [0.29, 0.717) is 54.0 Å². The van der Waals surface area contributed by atoms with Gasteiger partial charge in [0.1, 0.15) is 12.4 Å². The highest BCUT2D eigenvalue weighted by Crippen LogP contribution is 2.25. The highest BCUT2D eigenvalue weighted by Gasteiger charge is 2.16. The number of nitrogens with one attached hydrogen (secondary N) is 3. The van der Waals surface area contributed by atoms with Crippen molar-refractivity contribution in [1.29, 1.82) is 0 Å². The van der Waals surface area contributed by atoms with Crippen molar-refractivity contribution in [2.24, 2.45) is 0 Å². The largest absolute Gasteiger partial charge is 0.490 e. The Hall–Kier alpha value is -3.12. The van der Waals surface area contributed by atoms with Gasteiger partial charge in [-0.25, -0.2) is 4.40 Å². The lowest BCUT2D eigenvalue weighted by atomic mass is 10.3.